The molecule has 0 aromatic heterocycles. The standard InChI is InChI=1S/C26H22FNO2S/c27-26(22-15-7-2-8-16-22,23-17-9-3-10-18-23)25(21-13-5-1-6-14-21)28-31(29,30)24-19-11-4-12-20-24/h1-20,25,28H. The van der Waals surface area contributed by atoms with E-state index in [4.69, 9.17) is 0 Å². The summed E-state index contributed by atoms with van der Waals surface area (Å²) >= 11 is 0. The number of benzene rings is 4. The minimum Gasteiger partial charge on any atom is -0.231 e. The summed E-state index contributed by atoms with van der Waals surface area (Å²) in [6, 6.07) is 33.0. The molecule has 1 N–H and O–H groups in total. The van der Waals surface area contributed by atoms with Crippen LogP contribution in [-0.4, -0.2) is 8.42 Å². The Morgan fingerprint density at radius 2 is 1.00 bits per heavy atom. The second-order valence-corrected chi connectivity index (χ2v) is 8.94. The van der Waals surface area contributed by atoms with E-state index >= 15 is 4.39 Å². The van der Waals surface area contributed by atoms with Gasteiger partial charge in [0, 0.05) is 0 Å². The molecule has 0 saturated carbocycles. The van der Waals surface area contributed by atoms with Gasteiger partial charge in [-0.1, -0.05) is 109 Å². The number of hydrogen-bond donors (Lipinski definition) is 1. The van der Waals surface area contributed by atoms with Crippen molar-refractivity contribution in [3.05, 3.63) is 138 Å². The number of alkyl halides is 1. The van der Waals surface area contributed by atoms with Crippen molar-refractivity contribution in [1.82, 2.24) is 4.72 Å². The lowest BCUT2D eigenvalue weighted by atomic mass is 9.79. The van der Waals surface area contributed by atoms with Crippen molar-refractivity contribution in [3.8, 4) is 0 Å². The lowest BCUT2D eigenvalue weighted by molar-refractivity contribution is 0.166. The third-order valence-corrected chi connectivity index (χ3v) is 6.68. The molecule has 4 rings (SSSR count). The molecule has 3 nitrogen and oxygen atoms in total. The van der Waals surface area contributed by atoms with Gasteiger partial charge in [-0.15, -0.1) is 0 Å². The largest absolute Gasteiger partial charge is 0.241 e. The van der Waals surface area contributed by atoms with Crippen molar-refractivity contribution in [2.45, 2.75) is 16.6 Å². The molecule has 0 aliphatic heterocycles. The summed E-state index contributed by atoms with van der Waals surface area (Å²) in [6.45, 7) is 0. The van der Waals surface area contributed by atoms with Crippen LogP contribution in [-0.2, 0) is 15.7 Å². The van der Waals surface area contributed by atoms with Gasteiger partial charge in [-0.2, -0.15) is 4.72 Å². The van der Waals surface area contributed by atoms with Crippen molar-refractivity contribution >= 4 is 10.0 Å². The lowest BCUT2D eigenvalue weighted by Gasteiger charge is -2.35. The summed E-state index contributed by atoms with van der Waals surface area (Å²) in [5.41, 5.74) is -0.889. The molecule has 0 fully saturated rings. The third-order valence-electron chi connectivity index (χ3n) is 5.25. The summed E-state index contributed by atoms with van der Waals surface area (Å²) in [5, 5.41) is 0. The van der Waals surface area contributed by atoms with Crippen molar-refractivity contribution in [3.63, 3.8) is 0 Å². The van der Waals surface area contributed by atoms with E-state index in [9.17, 15) is 8.42 Å². The summed E-state index contributed by atoms with van der Waals surface area (Å²) in [7, 11) is -4.00. The quantitative estimate of drug-likeness (QED) is 0.413. The van der Waals surface area contributed by atoms with Gasteiger partial charge < -0.3 is 0 Å². The Kier molecular flexibility index (Phi) is 5.98. The maximum absolute atomic E-state index is 17.3. The topological polar surface area (TPSA) is 46.2 Å². The minimum atomic E-state index is -4.00. The van der Waals surface area contributed by atoms with E-state index in [0.29, 0.717) is 16.7 Å². The number of hydrogen-bond acceptors (Lipinski definition) is 2. The zero-order valence-corrected chi connectivity index (χ0v) is 17.5. The molecule has 0 spiro atoms. The highest BCUT2D eigenvalue weighted by Gasteiger charge is 2.45. The molecule has 156 valence electrons. The van der Waals surface area contributed by atoms with Gasteiger partial charge in [0.05, 0.1) is 10.9 Å². The van der Waals surface area contributed by atoms with Crippen LogP contribution in [0.1, 0.15) is 22.7 Å². The first-order valence-corrected chi connectivity index (χ1v) is 11.4. The molecule has 1 unspecified atom stereocenters. The fraction of sp³-hybridized carbons (Fsp3) is 0.0769. The van der Waals surface area contributed by atoms with E-state index in [1.807, 2.05) is 6.07 Å². The predicted octanol–water partition coefficient (Wildman–Crippen LogP) is 5.62. The monoisotopic (exact) mass is 431 g/mol. The van der Waals surface area contributed by atoms with Crippen LogP contribution in [0.15, 0.2) is 126 Å². The fourth-order valence-electron chi connectivity index (χ4n) is 3.71. The predicted molar refractivity (Wildman–Crippen MR) is 121 cm³/mol. The molecule has 1 atom stereocenters. The summed E-state index contributed by atoms with van der Waals surface area (Å²) in [4.78, 5) is 0.0828. The van der Waals surface area contributed by atoms with Crippen molar-refractivity contribution in [2.75, 3.05) is 0 Å². The molecule has 0 saturated heterocycles. The smallest absolute Gasteiger partial charge is 0.231 e. The average molecular weight is 432 g/mol. The van der Waals surface area contributed by atoms with Crippen molar-refractivity contribution in [1.29, 1.82) is 0 Å². The molecule has 0 aliphatic rings. The number of nitrogens with one attached hydrogen (secondary N) is 1. The first-order valence-electron chi connectivity index (χ1n) is 9.94. The first kappa shape index (κ1) is 21.0. The molecule has 0 amide bonds. The fourth-order valence-corrected chi connectivity index (χ4v) is 4.97. The van der Waals surface area contributed by atoms with E-state index in [-0.39, 0.29) is 4.90 Å². The van der Waals surface area contributed by atoms with Gasteiger partial charge >= 0.3 is 0 Å². The van der Waals surface area contributed by atoms with Gasteiger partial charge in [0.2, 0.25) is 10.0 Å². The van der Waals surface area contributed by atoms with Crippen LogP contribution in [0, 0.1) is 0 Å². The Hall–Kier alpha value is -3.28. The Labute approximate surface area is 182 Å². The second-order valence-electron chi connectivity index (χ2n) is 7.22. The van der Waals surface area contributed by atoms with Gasteiger partial charge in [-0.3, -0.25) is 0 Å². The van der Waals surface area contributed by atoms with Crippen LogP contribution in [0.3, 0.4) is 0 Å². The molecule has 0 aliphatic carbocycles. The van der Waals surface area contributed by atoms with E-state index in [1.165, 1.54) is 12.1 Å². The van der Waals surface area contributed by atoms with Crippen molar-refractivity contribution in [2.24, 2.45) is 0 Å². The van der Waals surface area contributed by atoms with E-state index in [0.717, 1.165) is 0 Å². The SMILES string of the molecule is O=S(=O)(NC(c1ccccc1)C(F)(c1ccccc1)c1ccccc1)c1ccccc1. The van der Waals surface area contributed by atoms with Gasteiger partial charge in [-0.05, 0) is 28.8 Å². The highest BCUT2D eigenvalue weighted by molar-refractivity contribution is 7.89. The van der Waals surface area contributed by atoms with Crippen molar-refractivity contribution < 1.29 is 12.8 Å². The van der Waals surface area contributed by atoms with Crippen LogP contribution in [0.25, 0.3) is 0 Å². The Morgan fingerprint density at radius 3 is 1.45 bits per heavy atom. The van der Waals surface area contributed by atoms with E-state index in [1.54, 1.807) is 103 Å². The normalized spacial score (nSPS) is 12.9. The maximum Gasteiger partial charge on any atom is 0.241 e. The number of halogens is 1. The molecule has 0 radical (unpaired) electrons. The Balaban J connectivity index is 1.92. The molecular weight excluding hydrogens is 409 g/mol. The molecule has 0 heterocycles. The van der Waals surface area contributed by atoms with Crippen LogP contribution in [0.2, 0.25) is 0 Å². The van der Waals surface area contributed by atoms with Crippen LogP contribution >= 0.6 is 0 Å². The molecular formula is C26H22FNO2S. The first-order chi connectivity index (χ1) is 15.0. The third kappa shape index (κ3) is 4.29. The summed E-state index contributed by atoms with van der Waals surface area (Å²) in [5.74, 6) is 0. The zero-order valence-electron chi connectivity index (χ0n) is 16.7. The Morgan fingerprint density at radius 1 is 0.613 bits per heavy atom. The highest BCUT2D eigenvalue weighted by atomic mass is 32.2. The van der Waals surface area contributed by atoms with Gasteiger partial charge in [0.15, 0.2) is 5.67 Å². The minimum absolute atomic E-state index is 0.0828. The zero-order chi connectivity index (χ0) is 21.7. The molecule has 31 heavy (non-hydrogen) atoms. The second kappa shape index (κ2) is 8.84. The number of sulfonamides is 1. The lowest BCUT2D eigenvalue weighted by Crippen LogP contribution is -2.42. The van der Waals surface area contributed by atoms with Gasteiger partial charge in [0.1, 0.15) is 0 Å². The highest BCUT2D eigenvalue weighted by Crippen LogP contribution is 2.45. The van der Waals surface area contributed by atoms with E-state index < -0.39 is 21.7 Å². The molecule has 5 heteroatoms. The van der Waals surface area contributed by atoms with Gasteiger partial charge in [-0.25, -0.2) is 12.8 Å². The molecule has 4 aromatic rings. The average Bonchev–Trinajstić information content (AvgIpc) is 2.84. The Bertz CT molecular complexity index is 1180. The van der Waals surface area contributed by atoms with E-state index in [2.05, 4.69) is 4.72 Å². The summed E-state index contributed by atoms with van der Waals surface area (Å²) < 4.78 is 46.5. The van der Waals surface area contributed by atoms with Crippen LogP contribution in [0.4, 0.5) is 4.39 Å². The maximum atomic E-state index is 17.3. The van der Waals surface area contributed by atoms with Gasteiger partial charge in [0.25, 0.3) is 0 Å². The summed E-state index contributed by atoms with van der Waals surface area (Å²) in [6.07, 6.45) is 0. The van der Waals surface area contributed by atoms with Crippen LogP contribution < -0.4 is 4.72 Å². The molecule has 0 bridgehead atoms. The number of rotatable bonds is 7. The van der Waals surface area contributed by atoms with Crippen LogP contribution in [0.5, 0.6) is 0 Å². The molecule has 4 aromatic carbocycles.